The van der Waals surface area contributed by atoms with Crippen molar-refractivity contribution >= 4 is 5.78 Å². The van der Waals surface area contributed by atoms with Gasteiger partial charge < -0.3 is 4.74 Å². The van der Waals surface area contributed by atoms with E-state index < -0.39 is 5.54 Å². The third-order valence-corrected chi connectivity index (χ3v) is 4.45. The zero-order valence-corrected chi connectivity index (χ0v) is 12.7. The molecule has 1 aromatic rings. The average molecular weight is 277 g/mol. The molecule has 0 atom stereocenters. The first-order chi connectivity index (χ1) is 9.51. The Kier molecular flexibility index (Phi) is 4.38. The quantitative estimate of drug-likeness (QED) is 0.790. The van der Waals surface area contributed by atoms with Crippen LogP contribution in [0.1, 0.15) is 43.1 Å². The molecule has 5 nitrogen and oxygen atoms in total. The fourth-order valence-corrected chi connectivity index (χ4v) is 2.97. The Morgan fingerprint density at radius 2 is 1.90 bits per heavy atom. The number of hydrogen-bond acceptors (Lipinski definition) is 5. The van der Waals surface area contributed by atoms with E-state index in [-0.39, 0.29) is 5.78 Å². The van der Waals surface area contributed by atoms with Crippen LogP contribution in [0, 0.1) is 5.92 Å². The van der Waals surface area contributed by atoms with Crippen LogP contribution in [0.3, 0.4) is 0 Å². The van der Waals surface area contributed by atoms with Crippen LogP contribution in [0.4, 0.5) is 0 Å². The standard InChI is InChI=1S/C15H23N3O2/c1-11-5-7-15(8-6-11,18(2)3)13(19)12-14(20-4)17-10-9-16-12/h9-11H,5-8H2,1-4H3. The number of ketones is 1. The second kappa shape index (κ2) is 5.87. The van der Waals surface area contributed by atoms with E-state index in [9.17, 15) is 4.79 Å². The molecule has 0 bridgehead atoms. The van der Waals surface area contributed by atoms with Gasteiger partial charge in [0.15, 0.2) is 5.69 Å². The van der Waals surface area contributed by atoms with Crippen LogP contribution in [0.15, 0.2) is 12.4 Å². The van der Waals surface area contributed by atoms with Crippen LogP contribution in [0.25, 0.3) is 0 Å². The molecule has 20 heavy (non-hydrogen) atoms. The molecule has 1 saturated carbocycles. The SMILES string of the molecule is COc1nccnc1C(=O)C1(N(C)C)CCC(C)CC1. The molecular formula is C15H23N3O2. The summed E-state index contributed by atoms with van der Waals surface area (Å²) in [5.74, 6) is 1.02. The predicted molar refractivity (Wildman–Crippen MR) is 77.0 cm³/mol. The fourth-order valence-electron chi connectivity index (χ4n) is 2.97. The van der Waals surface area contributed by atoms with E-state index >= 15 is 0 Å². The van der Waals surface area contributed by atoms with Gasteiger partial charge in [-0.15, -0.1) is 0 Å². The molecule has 0 aromatic carbocycles. The van der Waals surface area contributed by atoms with Crippen molar-refractivity contribution in [3.63, 3.8) is 0 Å². The van der Waals surface area contributed by atoms with Gasteiger partial charge in [0, 0.05) is 12.4 Å². The molecule has 1 fully saturated rings. The Bertz CT molecular complexity index is 480. The number of hydrogen-bond donors (Lipinski definition) is 0. The van der Waals surface area contributed by atoms with Gasteiger partial charge in [0.25, 0.3) is 0 Å². The molecule has 0 unspecified atom stereocenters. The Hall–Kier alpha value is -1.49. The second-order valence-corrected chi connectivity index (χ2v) is 5.85. The Labute approximate surface area is 120 Å². The van der Waals surface area contributed by atoms with Crippen molar-refractivity contribution in [2.75, 3.05) is 21.2 Å². The highest BCUT2D eigenvalue weighted by Gasteiger charge is 2.44. The molecule has 0 N–H and O–H groups in total. The molecule has 0 radical (unpaired) electrons. The summed E-state index contributed by atoms with van der Waals surface area (Å²) in [6.07, 6.45) is 6.93. The summed E-state index contributed by atoms with van der Waals surface area (Å²) in [5, 5.41) is 0. The molecule has 2 rings (SSSR count). The highest BCUT2D eigenvalue weighted by Crippen LogP contribution is 2.38. The number of carbonyl (C=O) groups excluding carboxylic acids is 1. The highest BCUT2D eigenvalue weighted by molar-refractivity contribution is 6.03. The molecule has 0 amide bonds. The third kappa shape index (κ3) is 2.54. The number of likely N-dealkylation sites (N-methyl/N-ethyl adjacent to an activating group) is 1. The average Bonchev–Trinajstić information content (AvgIpc) is 2.47. The molecule has 0 saturated heterocycles. The van der Waals surface area contributed by atoms with E-state index in [4.69, 9.17) is 4.74 Å². The van der Waals surface area contributed by atoms with E-state index in [1.807, 2.05) is 19.0 Å². The number of aromatic nitrogens is 2. The Balaban J connectivity index is 2.37. The monoisotopic (exact) mass is 277 g/mol. The van der Waals surface area contributed by atoms with Gasteiger partial charge in [-0.05, 0) is 45.7 Å². The molecular weight excluding hydrogens is 254 g/mol. The predicted octanol–water partition coefficient (Wildman–Crippen LogP) is 2.18. The summed E-state index contributed by atoms with van der Waals surface area (Å²) >= 11 is 0. The fraction of sp³-hybridized carbons (Fsp3) is 0.667. The van der Waals surface area contributed by atoms with Crippen LogP contribution in [-0.4, -0.2) is 47.4 Å². The summed E-state index contributed by atoms with van der Waals surface area (Å²) in [7, 11) is 5.46. The van der Waals surface area contributed by atoms with Crippen molar-refractivity contribution in [3.05, 3.63) is 18.1 Å². The number of ether oxygens (including phenoxy) is 1. The van der Waals surface area contributed by atoms with Crippen molar-refractivity contribution < 1.29 is 9.53 Å². The zero-order chi connectivity index (χ0) is 14.8. The number of methoxy groups -OCH3 is 1. The first-order valence-electron chi connectivity index (χ1n) is 7.08. The topological polar surface area (TPSA) is 55.3 Å². The molecule has 0 spiro atoms. The van der Waals surface area contributed by atoms with Crippen molar-refractivity contribution in [1.29, 1.82) is 0 Å². The minimum absolute atomic E-state index is 0.0272. The summed E-state index contributed by atoms with van der Waals surface area (Å²) in [6, 6.07) is 0. The van der Waals surface area contributed by atoms with Gasteiger partial charge >= 0.3 is 0 Å². The minimum atomic E-state index is -0.476. The van der Waals surface area contributed by atoms with Gasteiger partial charge in [0.05, 0.1) is 12.6 Å². The number of carbonyl (C=O) groups is 1. The van der Waals surface area contributed by atoms with Crippen molar-refractivity contribution in [2.24, 2.45) is 5.92 Å². The zero-order valence-electron chi connectivity index (χ0n) is 12.7. The number of nitrogens with zero attached hydrogens (tertiary/aromatic N) is 3. The summed E-state index contributed by atoms with van der Waals surface area (Å²) in [5.41, 5.74) is -0.131. The molecule has 1 aliphatic rings. The van der Waals surface area contributed by atoms with E-state index in [1.54, 1.807) is 12.4 Å². The lowest BCUT2D eigenvalue weighted by molar-refractivity contribution is 0.0504. The van der Waals surface area contributed by atoms with Crippen LogP contribution < -0.4 is 4.74 Å². The van der Waals surface area contributed by atoms with Gasteiger partial charge in [-0.25, -0.2) is 9.97 Å². The molecule has 1 aromatic heterocycles. The van der Waals surface area contributed by atoms with Crippen molar-refractivity contribution in [2.45, 2.75) is 38.1 Å². The summed E-state index contributed by atoms with van der Waals surface area (Å²) in [4.78, 5) is 23.4. The molecule has 110 valence electrons. The third-order valence-electron chi connectivity index (χ3n) is 4.45. The smallest absolute Gasteiger partial charge is 0.243 e. The van der Waals surface area contributed by atoms with E-state index in [1.165, 1.54) is 7.11 Å². The Morgan fingerprint density at radius 3 is 2.45 bits per heavy atom. The highest BCUT2D eigenvalue weighted by atomic mass is 16.5. The van der Waals surface area contributed by atoms with E-state index in [2.05, 4.69) is 16.9 Å². The summed E-state index contributed by atoms with van der Waals surface area (Å²) < 4.78 is 5.19. The van der Waals surface area contributed by atoms with Gasteiger partial charge in [-0.1, -0.05) is 6.92 Å². The van der Waals surface area contributed by atoms with Crippen LogP contribution in [0.5, 0.6) is 5.88 Å². The van der Waals surface area contributed by atoms with E-state index in [0.717, 1.165) is 25.7 Å². The summed E-state index contributed by atoms with van der Waals surface area (Å²) in [6.45, 7) is 2.24. The maximum Gasteiger partial charge on any atom is 0.243 e. The molecule has 0 aliphatic heterocycles. The lowest BCUT2D eigenvalue weighted by Crippen LogP contribution is -2.53. The molecule has 1 heterocycles. The normalized spacial score (nSPS) is 26.6. The maximum atomic E-state index is 13.0. The first-order valence-corrected chi connectivity index (χ1v) is 7.08. The number of rotatable bonds is 4. The first kappa shape index (κ1) is 14.9. The maximum absolute atomic E-state index is 13.0. The lowest BCUT2D eigenvalue weighted by Gasteiger charge is -2.42. The van der Waals surface area contributed by atoms with E-state index in [0.29, 0.717) is 17.5 Å². The van der Waals surface area contributed by atoms with Crippen LogP contribution >= 0.6 is 0 Å². The Morgan fingerprint density at radius 1 is 1.30 bits per heavy atom. The van der Waals surface area contributed by atoms with Crippen LogP contribution in [0.2, 0.25) is 0 Å². The van der Waals surface area contributed by atoms with Gasteiger partial charge in [0.1, 0.15) is 0 Å². The molecule has 1 aliphatic carbocycles. The van der Waals surface area contributed by atoms with Crippen LogP contribution in [-0.2, 0) is 0 Å². The van der Waals surface area contributed by atoms with Gasteiger partial charge in [-0.2, -0.15) is 0 Å². The largest absolute Gasteiger partial charge is 0.479 e. The molecule has 5 heteroatoms. The van der Waals surface area contributed by atoms with Crippen molar-refractivity contribution in [3.8, 4) is 5.88 Å². The van der Waals surface area contributed by atoms with Crippen molar-refractivity contribution in [1.82, 2.24) is 14.9 Å². The minimum Gasteiger partial charge on any atom is -0.479 e. The van der Waals surface area contributed by atoms with Gasteiger partial charge in [-0.3, -0.25) is 9.69 Å². The second-order valence-electron chi connectivity index (χ2n) is 5.85. The lowest BCUT2D eigenvalue weighted by atomic mass is 9.73. The number of Topliss-reactive ketones (excluding diaryl/α,β-unsaturated/α-hetero) is 1. The van der Waals surface area contributed by atoms with Gasteiger partial charge in [0.2, 0.25) is 11.7 Å².